The van der Waals surface area contributed by atoms with E-state index in [-0.39, 0.29) is 10.8 Å². The normalized spacial score (nSPS) is 16.5. The Kier molecular flexibility index (Phi) is 4.29. The van der Waals surface area contributed by atoms with Gasteiger partial charge in [-0.05, 0) is 43.5 Å². The maximum Gasteiger partial charge on any atom is 0.241 e. The van der Waals surface area contributed by atoms with Crippen molar-refractivity contribution in [1.29, 1.82) is 0 Å². The van der Waals surface area contributed by atoms with Gasteiger partial charge in [-0.15, -0.1) is 0 Å². The van der Waals surface area contributed by atoms with Gasteiger partial charge in [0.25, 0.3) is 0 Å². The highest BCUT2D eigenvalue weighted by Crippen LogP contribution is 2.25. The van der Waals surface area contributed by atoms with Gasteiger partial charge in [0.1, 0.15) is 0 Å². The molecule has 1 aliphatic heterocycles. The minimum absolute atomic E-state index is 0.0468. The van der Waals surface area contributed by atoms with Crippen molar-refractivity contribution in [3.05, 3.63) is 23.8 Å². The maximum atomic E-state index is 12.2. The van der Waals surface area contributed by atoms with Crippen molar-refractivity contribution < 1.29 is 18.0 Å². The lowest BCUT2D eigenvalue weighted by molar-refractivity contribution is -0.119. The van der Waals surface area contributed by atoms with Gasteiger partial charge in [0.2, 0.25) is 21.8 Å². The summed E-state index contributed by atoms with van der Waals surface area (Å²) >= 11 is 0. The number of anilines is 1. The second kappa shape index (κ2) is 5.82. The molecule has 0 saturated carbocycles. The molecule has 2 rings (SSSR count). The smallest absolute Gasteiger partial charge is 0.241 e. The molecule has 0 fully saturated rings. The Balaban J connectivity index is 2.31. The fourth-order valence-corrected chi connectivity index (χ4v) is 3.34. The van der Waals surface area contributed by atoms with Crippen LogP contribution in [0.1, 0.15) is 25.3 Å². The van der Waals surface area contributed by atoms with E-state index in [0.717, 1.165) is 5.56 Å². The number of benzene rings is 1. The number of nitrogens with two attached hydrogens (primary N) is 1. The van der Waals surface area contributed by atoms with E-state index in [4.69, 9.17) is 5.73 Å². The molecular weight excluding hydrogens is 294 g/mol. The number of aryl methyl sites for hydroxylation is 1. The molecule has 0 spiro atoms. The third-order valence-corrected chi connectivity index (χ3v) is 4.81. The van der Waals surface area contributed by atoms with Gasteiger partial charge in [-0.1, -0.05) is 0 Å². The molecule has 21 heavy (non-hydrogen) atoms. The zero-order valence-electron chi connectivity index (χ0n) is 11.5. The molecule has 0 aromatic heterocycles. The van der Waals surface area contributed by atoms with Gasteiger partial charge in [-0.25, -0.2) is 8.42 Å². The largest absolute Gasteiger partial charge is 0.368 e. The Morgan fingerprint density at radius 2 is 2.10 bits per heavy atom. The van der Waals surface area contributed by atoms with E-state index in [2.05, 4.69) is 10.0 Å². The first-order valence-electron chi connectivity index (χ1n) is 6.54. The van der Waals surface area contributed by atoms with Crippen molar-refractivity contribution in [2.45, 2.75) is 37.1 Å². The molecule has 0 bridgehead atoms. The summed E-state index contributed by atoms with van der Waals surface area (Å²) in [6.07, 6.45) is 1.68. The Morgan fingerprint density at radius 3 is 2.76 bits per heavy atom. The topological polar surface area (TPSA) is 118 Å². The molecule has 1 aliphatic rings. The van der Waals surface area contributed by atoms with Crippen LogP contribution in [-0.4, -0.2) is 26.3 Å². The van der Waals surface area contributed by atoms with E-state index in [1.807, 2.05) is 0 Å². The summed E-state index contributed by atoms with van der Waals surface area (Å²) in [6, 6.07) is 3.47. The van der Waals surface area contributed by atoms with Crippen LogP contribution in [-0.2, 0) is 26.0 Å². The summed E-state index contributed by atoms with van der Waals surface area (Å²) in [6.45, 7) is 1.38. The summed E-state index contributed by atoms with van der Waals surface area (Å²) < 4.78 is 26.6. The lowest BCUT2D eigenvalue weighted by atomic mass is 10.1. The molecule has 0 saturated heterocycles. The SMILES string of the molecule is C[C@H](NS(=O)(=O)c1ccc2c(c1)CCCC(=O)N2)C(N)=O. The van der Waals surface area contributed by atoms with Crippen LogP contribution in [0.3, 0.4) is 0 Å². The molecule has 1 aromatic rings. The van der Waals surface area contributed by atoms with Crippen LogP contribution in [0.25, 0.3) is 0 Å². The molecular formula is C13H17N3O4S. The fourth-order valence-electron chi connectivity index (χ4n) is 2.08. The molecule has 1 heterocycles. The highest BCUT2D eigenvalue weighted by Gasteiger charge is 2.22. The molecule has 1 aromatic carbocycles. The van der Waals surface area contributed by atoms with E-state index >= 15 is 0 Å². The third kappa shape index (κ3) is 3.59. The van der Waals surface area contributed by atoms with Crippen molar-refractivity contribution in [2.75, 3.05) is 5.32 Å². The summed E-state index contributed by atoms with van der Waals surface area (Å²) in [7, 11) is -3.83. The Morgan fingerprint density at radius 1 is 1.38 bits per heavy atom. The number of carbonyl (C=O) groups is 2. The highest BCUT2D eigenvalue weighted by atomic mass is 32.2. The van der Waals surface area contributed by atoms with E-state index in [0.29, 0.717) is 24.9 Å². The molecule has 0 aliphatic carbocycles. The van der Waals surface area contributed by atoms with Crippen LogP contribution < -0.4 is 15.8 Å². The standard InChI is InChI=1S/C13H17N3O4S/c1-8(13(14)18)16-21(19,20)10-5-6-11-9(7-10)3-2-4-12(17)15-11/h5-8,16H,2-4H2,1H3,(H2,14,18)(H,15,17)/t8-/m0/s1. The Bertz CT molecular complexity index is 685. The van der Waals surface area contributed by atoms with Crippen LogP contribution >= 0.6 is 0 Å². The Hall–Kier alpha value is -1.93. The molecule has 4 N–H and O–H groups in total. The van der Waals surface area contributed by atoms with Crippen molar-refractivity contribution in [2.24, 2.45) is 5.73 Å². The van der Waals surface area contributed by atoms with Gasteiger partial charge in [0, 0.05) is 12.1 Å². The van der Waals surface area contributed by atoms with Crippen LogP contribution in [0.4, 0.5) is 5.69 Å². The predicted octanol–water partition coefficient (Wildman–Crippen LogP) is 0.113. The van der Waals surface area contributed by atoms with Gasteiger partial charge in [0.15, 0.2) is 0 Å². The van der Waals surface area contributed by atoms with Gasteiger partial charge in [0.05, 0.1) is 10.9 Å². The van der Waals surface area contributed by atoms with E-state index in [1.54, 1.807) is 6.07 Å². The third-order valence-electron chi connectivity index (χ3n) is 3.27. The minimum atomic E-state index is -3.83. The number of amides is 2. The molecule has 7 nitrogen and oxygen atoms in total. The van der Waals surface area contributed by atoms with Gasteiger partial charge >= 0.3 is 0 Å². The summed E-state index contributed by atoms with van der Waals surface area (Å²) in [4.78, 5) is 22.5. The summed E-state index contributed by atoms with van der Waals surface area (Å²) in [5.74, 6) is -0.828. The average Bonchev–Trinajstić information content (AvgIpc) is 2.57. The second-order valence-corrected chi connectivity index (χ2v) is 6.68. The van der Waals surface area contributed by atoms with Crippen molar-refractivity contribution in [3.8, 4) is 0 Å². The predicted molar refractivity (Wildman–Crippen MR) is 77.0 cm³/mol. The number of rotatable bonds is 4. The van der Waals surface area contributed by atoms with E-state index in [9.17, 15) is 18.0 Å². The van der Waals surface area contributed by atoms with Gasteiger partial charge in [-0.2, -0.15) is 4.72 Å². The first kappa shape index (κ1) is 15.5. The first-order chi connectivity index (χ1) is 9.79. The van der Waals surface area contributed by atoms with E-state index < -0.39 is 22.0 Å². The molecule has 2 amide bonds. The molecule has 0 unspecified atom stereocenters. The molecule has 8 heteroatoms. The maximum absolute atomic E-state index is 12.2. The van der Waals surface area contributed by atoms with E-state index in [1.165, 1.54) is 19.1 Å². The number of nitrogens with one attached hydrogen (secondary N) is 2. The molecule has 114 valence electrons. The van der Waals surface area contributed by atoms with Gasteiger partial charge in [-0.3, -0.25) is 9.59 Å². The van der Waals surface area contributed by atoms with Crippen molar-refractivity contribution in [1.82, 2.24) is 4.72 Å². The first-order valence-corrected chi connectivity index (χ1v) is 8.02. The van der Waals surface area contributed by atoms with Crippen LogP contribution in [0.5, 0.6) is 0 Å². The number of sulfonamides is 1. The quantitative estimate of drug-likeness (QED) is 0.731. The zero-order chi connectivity index (χ0) is 15.6. The average molecular weight is 311 g/mol. The van der Waals surface area contributed by atoms with Crippen LogP contribution in [0, 0.1) is 0 Å². The number of primary amides is 1. The lowest BCUT2D eigenvalue weighted by Crippen LogP contribution is -2.42. The van der Waals surface area contributed by atoms with Crippen LogP contribution in [0.15, 0.2) is 23.1 Å². The number of hydrogen-bond donors (Lipinski definition) is 3. The fraction of sp³-hybridized carbons (Fsp3) is 0.385. The monoisotopic (exact) mass is 311 g/mol. The van der Waals surface area contributed by atoms with Gasteiger partial charge < -0.3 is 11.1 Å². The lowest BCUT2D eigenvalue weighted by Gasteiger charge is -2.13. The minimum Gasteiger partial charge on any atom is -0.368 e. The zero-order valence-corrected chi connectivity index (χ0v) is 12.4. The molecule has 1 atom stereocenters. The summed E-state index contributed by atoms with van der Waals surface area (Å²) in [5.41, 5.74) is 6.44. The number of carbonyl (C=O) groups excluding carboxylic acids is 2. The Labute approximate surface area is 123 Å². The van der Waals surface area contributed by atoms with Crippen molar-refractivity contribution >= 4 is 27.5 Å². The van der Waals surface area contributed by atoms with Crippen LogP contribution in [0.2, 0.25) is 0 Å². The molecule has 0 radical (unpaired) electrons. The van der Waals surface area contributed by atoms with Crippen molar-refractivity contribution in [3.63, 3.8) is 0 Å². The highest BCUT2D eigenvalue weighted by molar-refractivity contribution is 7.89. The number of fused-ring (bicyclic) bond motifs is 1. The summed E-state index contributed by atoms with van der Waals surface area (Å²) in [5, 5.41) is 2.73. The number of hydrogen-bond acceptors (Lipinski definition) is 4. The second-order valence-electron chi connectivity index (χ2n) is 4.97.